The van der Waals surface area contributed by atoms with Gasteiger partial charge in [-0.3, -0.25) is 14.5 Å². The van der Waals surface area contributed by atoms with Crippen molar-refractivity contribution in [1.82, 2.24) is 4.90 Å². The summed E-state index contributed by atoms with van der Waals surface area (Å²) < 4.78 is 0. The number of carbonyl (C=O) groups is 2. The zero-order valence-corrected chi connectivity index (χ0v) is 17.5. The van der Waals surface area contributed by atoms with Gasteiger partial charge in [0.15, 0.2) is 0 Å². The Morgan fingerprint density at radius 2 is 1.43 bits per heavy atom. The summed E-state index contributed by atoms with van der Waals surface area (Å²) in [6, 6.07) is 6.67. The van der Waals surface area contributed by atoms with Gasteiger partial charge in [-0.15, -0.1) is 0 Å². The highest BCUT2D eigenvalue weighted by molar-refractivity contribution is 6.22. The van der Waals surface area contributed by atoms with Crippen molar-refractivity contribution in [2.75, 3.05) is 4.90 Å². The van der Waals surface area contributed by atoms with Crippen LogP contribution in [0.2, 0.25) is 0 Å². The zero-order valence-electron chi connectivity index (χ0n) is 17.5. The second-order valence-corrected chi connectivity index (χ2v) is 9.11. The van der Waals surface area contributed by atoms with E-state index in [1.54, 1.807) is 0 Å². The summed E-state index contributed by atoms with van der Waals surface area (Å²) >= 11 is 0. The average molecular weight is 383 g/mol. The Balaban J connectivity index is 1.63. The fourth-order valence-electron chi connectivity index (χ4n) is 5.72. The molecule has 0 spiro atoms. The van der Waals surface area contributed by atoms with Gasteiger partial charge >= 0.3 is 0 Å². The normalized spacial score (nSPS) is 25.1. The Hall–Kier alpha value is -1.68. The molecule has 3 aliphatic rings. The van der Waals surface area contributed by atoms with Crippen LogP contribution in [0, 0.1) is 13.8 Å². The van der Waals surface area contributed by atoms with Crippen LogP contribution in [0.3, 0.4) is 0 Å². The maximum absolute atomic E-state index is 13.5. The lowest BCUT2D eigenvalue weighted by Gasteiger charge is -2.44. The zero-order chi connectivity index (χ0) is 19.7. The van der Waals surface area contributed by atoms with E-state index < -0.39 is 0 Å². The molecule has 1 heterocycles. The number of nitrogens with zero attached hydrogens (tertiary/aromatic N) is 2. The van der Waals surface area contributed by atoms with Crippen LogP contribution in [0.1, 0.15) is 81.8 Å². The molecule has 1 aliphatic heterocycles. The molecule has 1 saturated heterocycles. The van der Waals surface area contributed by atoms with E-state index in [0.717, 1.165) is 16.8 Å². The summed E-state index contributed by atoms with van der Waals surface area (Å²) in [7, 11) is 0. The summed E-state index contributed by atoms with van der Waals surface area (Å²) in [6.45, 7) is 4.04. The molecule has 0 aromatic heterocycles. The van der Waals surface area contributed by atoms with E-state index in [9.17, 15) is 9.59 Å². The van der Waals surface area contributed by atoms with Crippen molar-refractivity contribution in [3.8, 4) is 0 Å². The van der Waals surface area contributed by atoms with Gasteiger partial charge in [0.1, 0.15) is 0 Å². The number of anilines is 1. The number of amides is 2. The first-order valence-corrected chi connectivity index (χ1v) is 11.3. The van der Waals surface area contributed by atoms with Crippen molar-refractivity contribution >= 4 is 17.5 Å². The minimum atomic E-state index is -0.264. The molecule has 152 valence electrons. The number of hydrogen-bond donors (Lipinski definition) is 0. The van der Waals surface area contributed by atoms with Gasteiger partial charge in [-0.05, 0) is 51.2 Å². The van der Waals surface area contributed by atoms with Gasteiger partial charge in [-0.2, -0.15) is 0 Å². The molecule has 1 aromatic rings. The van der Waals surface area contributed by atoms with Crippen LogP contribution in [-0.2, 0) is 9.59 Å². The molecule has 28 heavy (non-hydrogen) atoms. The summed E-state index contributed by atoms with van der Waals surface area (Å²) in [4.78, 5) is 30.5. The Labute approximate surface area is 169 Å². The van der Waals surface area contributed by atoms with E-state index in [0.29, 0.717) is 18.5 Å². The van der Waals surface area contributed by atoms with E-state index in [2.05, 4.69) is 11.0 Å². The number of rotatable bonds is 4. The summed E-state index contributed by atoms with van der Waals surface area (Å²) in [6.07, 6.45) is 12.7. The minimum absolute atomic E-state index is 0.00750. The Kier molecular flexibility index (Phi) is 5.86. The maximum Gasteiger partial charge on any atom is 0.251 e. The van der Waals surface area contributed by atoms with Crippen molar-refractivity contribution in [2.45, 2.75) is 103 Å². The quantitative estimate of drug-likeness (QED) is 0.695. The second kappa shape index (κ2) is 8.36. The number of hydrogen-bond acceptors (Lipinski definition) is 3. The van der Waals surface area contributed by atoms with Crippen LogP contribution >= 0.6 is 0 Å². The van der Waals surface area contributed by atoms with Gasteiger partial charge in [0.05, 0.1) is 18.2 Å². The van der Waals surface area contributed by atoms with E-state index in [1.807, 2.05) is 26.0 Å². The highest BCUT2D eigenvalue weighted by Gasteiger charge is 2.47. The Bertz CT molecular complexity index is 714. The van der Waals surface area contributed by atoms with Gasteiger partial charge in [0.2, 0.25) is 5.91 Å². The molecule has 0 N–H and O–H groups in total. The van der Waals surface area contributed by atoms with Crippen molar-refractivity contribution in [2.24, 2.45) is 0 Å². The lowest BCUT2D eigenvalue weighted by atomic mass is 9.87. The highest BCUT2D eigenvalue weighted by Crippen LogP contribution is 2.36. The second-order valence-electron chi connectivity index (χ2n) is 9.11. The lowest BCUT2D eigenvalue weighted by molar-refractivity contribution is -0.124. The van der Waals surface area contributed by atoms with E-state index >= 15 is 0 Å². The Morgan fingerprint density at radius 1 is 0.857 bits per heavy atom. The predicted octanol–water partition coefficient (Wildman–Crippen LogP) is 4.90. The summed E-state index contributed by atoms with van der Waals surface area (Å²) in [5.41, 5.74) is 2.93. The van der Waals surface area contributed by atoms with Crippen LogP contribution in [0.5, 0.6) is 0 Å². The number of aryl methyl sites for hydroxylation is 2. The van der Waals surface area contributed by atoms with Gasteiger partial charge in [0, 0.05) is 12.1 Å². The SMILES string of the molecule is Cc1ccc(N2C(=O)CC(N(C3CCCCC3)C3CCCCC3)C2=O)c(C)c1. The predicted molar refractivity (Wildman–Crippen MR) is 112 cm³/mol. The molecule has 4 nitrogen and oxygen atoms in total. The molecule has 1 atom stereocenters. The Morgan fingerprint density at radius 3 is 1.96 bits per heavy atom. The van der Waals surface area contributed by atoms with Crippen LogP contribution in [0.15, 0.2) is 18.2 Å². The standard InChI is InChI=1S/C24H34N2O2/c1-17-13-14-21(18(2)15-17)26-23(27)16-22(24(26)28)25(19-9-5-3-6-10-19)20-11-7-4-8-12-20/h13-15,19-20,22H,3-12,16H2,1-2H3. The van der Waals surface area contributed by atoms with Gasteiger partial charge in [-0.1, -0.05) is 56.2 Å². The number of benzene rings is 1. The van der Waals surface area contributed by atoms with Gasteiger partial charge in [0.25, 0.3) is 5.91 Å². The van der Waals surface area contributed by atoms with Crippen LogP contribution in [-0.4, -0.2) is 34.8 Å². The largest absolute Gasteiger partial charge is 0.286 e. The number of imide groups is 1. The fraction of sp³-hybridized carbons (Fsp3) is 0.667. The third kappa shape index (κ3) is 3.76. The van der Waals surface area contributed by atoms with Crippen molar-refractivity contribution in [1.29, 1.82) is 0 Å². The minimum Gasteiger partial charge on any atom is -0.286 e. The molecule has 0 radical (unpaired) electrons. The van der Waals surface area contributed by atoms with Crippen LogP contribution in [0.4, 0.5) is 5.69 Å². The van der Waals surface area contributed by atoms with Crippen molar-refractivity contribution in [3.05, 3.63) is 29.3 Å². The summed E-state index contributed by atoms with van der Waals surface area (Å²) in [5, 5.41) is 0. The third-order valence-electron chi connectivity index (χ3n) is 7.07. The van der Waals surface area contributed by atoms with E-state index in [4.69, 9.17) is 0 Å². The smallest absolute Gasteiger partial charge is 0.251 e. The average Bonchev–Trinajstić information content (AvgIpc) is 2.98. The topological polar surface area (TPSA) is 40.6 Å². The molecule has 2 aliphatic carbocycles. The summed E-state index contributed by atoms with van der Waals surface area (Å²) in [5.74, 6) is -0.0216. The van der Waals surface area contributed by atoms with Crippen LogP contribution in [0.25, 0.3) is 0 Å². The van der Waals surface area contributed by atoms with Crippen molar-refractivity contribution in [3.63, 3.8) is 0 Å². The molecular formula is C24H34N2O2. The van der Waals surface area contributed by atoms with E-state index in [-0.39, 0.29) is 17.9 Å². The first kappa shape index (κ1) is 19.6. The monoisotopic (exact) mass is 382 g/mol. The molecule has 4 rings (SSSR count). The third-order valence-corrected chi connectivity index (χ3v) is 7.07. The molecule has 0 bridgehead atoms. The lowest BCUT2D eigenvalue weighted by Crippen LogP contribution is -2.53. The molecule has 3 fully saturated rings. The highest BCUT2D eigenvalue weighted by atomic mass is 16.2. The fourth-order valence-corrected chi connectivity index (χ4v) is 5.72. The number of carbonyl (C=O) groups excluding carboxylic acids is 2. The van der Waals surface area contributed by atoms with Gasteiger partial charge in [-0.25, -0.2) is 4.90 Å². The molecule has 2 saturated carbocycles. The first-order valence-electron chi connectivity index (χ1n) is 11.3. The molecule has 1 unspecified atom stereocenters. The first-order chi connectivity index (χ1) is 13.6. The van der Waals surface area contributed by atoms with Crippen LogP contribution < -0.4 is 4.90 Å². The van der Waals surface area contributed by atoms with Gasteiger partial charge < -0.3 is 0 Å². The molecule has 2 amide bonds. The maximum atomic E-state index is 13.5. The molecular weight excluding hydrogens is 348 g/mol. The van der Waals surface area contributed by atoms with Crippen molar-refractivity contribution < 1.29 is 9.59 Å². The molecule has 4 heteroatoms. The molecule has 1 aromatic carbocycles. The van der Waals surface area contributed by atoms with E-state index in [1.165, 1.54) is 69.1 Å².